The zero-order valence-electron chi connectivity index (χ0n) is 13.6. The zero-order valence-corrected chi connectivity index (χ0v) is 13.6. The highest BCUT2D eigenvalue weighted by Gasteiger charge is 2.29. The summed E-state index contributed by atoms with van der Waals surface area (Å²) in [4.78, 5) is 23.8. The molecule has 1 rings (SSSR count). The molecule has 1 aliphatic rings. The van der Waals surface area contributed by atoms with Crippen molar-refractivity contribution in [2.75, 3.05) is 19.7 Å². The molecule has 0 aromatic heterocycles. The lowest BCUT2D eigenvalue weighted by molar-refractivity contribution is -0.107. The van der Waals surface area contributed by atoms with Crippen molar-refractivity contribution >= 4 is 12.4 Å². The first-order valence-corrected chi connectivity index (χ1v) is 7.95. The second-order valence-corrected chi connectivity index (χ2v) is 6.58. The number of hydrogen-bond donors (Lipinski definition) is 0. The molecule has 0 N–H and O–H groups in total. The van der Waals surface area contributed by atoms with Crippen LogP contribution in [0.1, 0.15) is 59.3 Å². The van der Waals surface area contributed by atoms with Gasteiger partial charge in [0.05, 0.1) is 12.6 Å². The van der Waals surface area contributed by atoms with Crippen LogP contribution < -0.4 is 0 Å². The van der Waals surface area contributed by atoms with Gasteiger partial charge in [0.2, 0.25) is 0 Å². The Morgan fingerprint density at radius 3 is 2.62 bits per heavy atom. The van der Waals surface area contributed by atoms with E-state index >= 15 is 0 Å². The van der Waals surface area contributed by atoms with Gasteiger partial charge < -0.3 is 19.2 Å². The van der Waals surface area contributed by atoms with E-state index in [1.165, 1.54) is 0 Å². The molecular formula is C16H29NO4. The minimum absolute atomic E-state index is 0.132. The van der Waals surface area contributed by atoms with E-state index in [2.05, 4.69) is 0 Å². The van der Waals surface area contributed by atoms with Crippen molar-refractivity contribution in [1.82, 2.24) is 4.90 Å². The Bertz CT molecular complexity index is 325. The lowest BCUT2D eigenvalue weighted by Gasteiger charge is -2.24. The number of rotatable bonds is 8. The Kier molecular flexibility index (Phi) is 7.72. The zero-order chi connectivity index (χ0) is 15.7. The highest BCUT2D eigenvalue weighted by molar-refractivity contribution is 5.68. The van der Waals surface area contributed by atoms with Gasteiger partial charge in [-0.05, 0) is 40.0 Å². The van der Waals surface area contributed by atoms with E-state index in [-0.39, 0.29) is 12.2 Å². The summed E-state index contributed by atoms with van der Waals surface area (Å²) in [6.45, 7) is 7.69. The fraction of sp³-hybridized carbons (Fsp3) is 0.875. The molecule has 1 heterocycles. The van der Waals surface area contributed by atoms with Gasteiger partial charge in [0.1, 0.15) is 11.9 Å². The van der Waals surface area contributed by atoms with Crippen LogP contribution in [0.3, 0.4) is 0 Å². The van der Waals surface area contributed by atoms with Gasteiger partial charge in [-0.1, -0.05) is 12.8 Å². The predicted octanol–water partition coefficient (Wildman–Crippen LogP) is 3.16. The van der Waals surface area contributed by atoms with Crippen LogP contribution in [-0.2, 0) is 14.3 Å². The molecule has 5 nitrogen and oxygen atoms in total. The van der Waals surface area contributed by atoms with Gasteiger partial charge in [-0.15, -0.1) is 0 Å². The molecule has 0 unspecified atom stereocenters. The fourth-order valence-electron chi connectivity index (χ4n) is 2.29. The summed E-state index contributed by atoms with van der Waals surface area (Å²) < 4.78 is 11.2. The lowest BCUT2D eigenvalue weighted by Crippen LogP contribution is -2.36. The van der Waals surface area contributed by atoms with Crippen LogP contribution in [0.2, 0.25) is 0 Å². The predicted molar refractivity (Wildman–Crippen MR) is 81.3 cm³/mol. The minimum atomic E-state index is -0.447. The molecule has 1 amide bonds. The number of aldehydes is 1. The monoisotopic (exact) mass is 299 g/mol. The molecule has 0 radical (unpaired) electrons. The maximum Gasteiger partial charge on any atom is 0.410 e. The summed E-state index contributed by atoms with van der Waals surface area (Å²) in [6, 6.07) is 0. The Labute approximate surface area is 128 Å². The second kappa shape index (κ2) is 9.03. The molecule has 0 spiro atoms. The molecule has 1 saturated heterocycles. The first-order valence-electron chi connectivity index (χ1n) is 7.95. The Balaban J connectivity index is 2.09. The molecule has 5 heteroatoms. The number of nitrogens with zero attached hydrogens (tertiary/aromatic N) is 1. The molecule has 1 atom stereocenters. The van der Waals surface area contributed by atoms with Gasteiger partial charge in [0.25, 0.3) is 0 Å². The van der Waals surface area contributed by atoms with Gasteiger partial charge in [-0.3, -0.25) is 0 Å². The van der Waals surface area contributed by atoms with Gasteiger partial charge in [0, 0.05) is 19.6 Å². The van der Waals surface area contributed by atoms with Crippen LogP contribution in [0.4, 0.5) is 4.79 Å². The average Bonchev–Trinajstić information content (AvgIpc) is 2.84. The Morgan fingerprint density at radius 2 is 1.95 bits per heavy atom. The maximum absolute atomic E-state index is 11.9. The van der Waals surface area contributed by atoms with Crippen LogP contribution in [0.15, 0.2) is 0 Å². The average molecular weight is 299 g/mol. The lowest BCUT2D eigenvalue weighted by atomic mass is 10.2. The number of ether oxygens (including phenoxy) is 2. The molecule has 0 aromatic rings. The summed E-state index contributed by atoms with van der Waals surface area (Å²) in [6.07, 6.45) is 6.56. The van der Waals surface area contributed by atoms with Gasteiger partial charge in [0.15, 0.2) is 0 Å². The summed E-state index contributed by atoms with van der Waals surface area (Å²) in [5.74, 6) is 0. The van der Waals surface area contributed by atoms with Crippen molar-refractivity contribution in [3.8, 4) is 0 Å². The third-order valence-electron chi connectivity index (χ3n) is 3.37. The van der Waals surface area contributed by atoms with Crippen LogP contribution >= 0.6 is 0 Å². The molecule has 0 aliphatic carbocycles. The fourth-order valence-corrected chi connectivity index (χ4v) is 2.29. The topological polar surface area (TPSA) is 55.8 Å². The highest BCUT2D eigenvalue weighted by atomic mass is 16.6. The first-order chi connectivity index (χ1) is 9.92. The Morgan fingerprint density at radius 1 is 1.24 bits per heavy atom. The SMILES string of the molecule is CC(C)(C)OC(=O)N1CC[C@@H](OCCCCCCC=O)C1. The van der Waals surface area contributed by atoms with Crippen molar-refractivity contribution in [1.29, 1.82) is 0 Å². The van der Waals surface area contributed by atoms with E-state index in [4.69, 9.17) is 9.47 Å². The number of carbonyl (C=O) groups is 2. The maximum atomic E-state index is 11.9. The number of amides is 1. The van der Waals surface area contributed by atoms with Gasteiger partial charge in [-0.25, -0.2) is 4.79 Å². The molecule has 0 saturated carbocycles. The number of likely N-dealkylation sites (tertiary alicyclic amines) is 1. The summed E-state index contributed by atoms with van der Waals surface area (Å²) in [7, 11) is 0. The third-order valence-corrected chi connectivity index (χ3v) is 3.37. The van der Waals surface area contributed by atoms with E-state index in [0.29, 0.717) is 19.5 Å². The quantitative estimate of drug-likeness (QED) is 0.510. The van der Waals surface area contributed by atoms with E-state index in [1.54, 1.807) is 4.90 Å². The Hall–Kier alpha value is -1.10. The number of hydrogen-bond acceptors (Lipinski definition) is 4. The highest BCUT2D eigenvalue weighted by Crippen LogP contribution is 2.17. The smallest absolute Gasteiger partial charge is 0.410 e. The van der Waals surface area contributed by atoms with Crippen molar-refractivity contribution in [2.45, 2.75) is 71.0 Å². The molecule has 1 fully saturated rings. The van der Waals surface area contributed by atoms with Gasteiger partial charge >= 0.3 is 6.09 Å². The van der Waals surface area contributed by atoms with Crippen molar-refractivity contribution in [3.05, 3.63) is 0 Å². The molecule has 122 valence electrons. The van der Waals surface area contributed by atoms with Gasteiger partial charge in [-0.2, -0.15) is 0 Å². The van der Waals surface area contributed by atoms with E-state index in [9.17, 15) is 9.59 Å². The van der Waals surface area contributed by atoms with Crippen molar-refractivity contribution in [3.63, 3.8) is 0 Å². The summed E-state index contributed by atoms with van der Waals surface area (Å²) >= 11 is 0. The number of unbranched alkanes of at least 4 members (excludes halogenated alkanes) is 4. The van der Waals surface area contributed by atoms with E-state index < -0.39 is 5.60 Å². The van der Waals surface area contributed by atoms with Crippen molar-refractivity contribution < 1.29 is 19.1 Å². The van der Waals surface area contributed by atoms with Crippen LogP contribution in [0, 0.1) is 0 Å². The first kappa shape index (κ1) is 18.0. The molecular weight excluding hydrogens is 270 g/mol. The summed E-state index contributed by atoms with van der Waals surface area (Å²) in [5, 5.41) is 0. The number of carbonyl (C=O) groups excluding carboxylic acids is 2. The molecule has 1 aliphatic heterocycles. The standard InChI is InChI=1S/C16H29NO4/c1-16(2,3)21-15(19)17-10-9-14(13-17)20-12-8-6-4-5-7-11-18/h11,14H,4-10,12-13H2,1-3H3/t14-/m1/s1. The van der Waals surface area contributed by atoms with Crippen LogP contribution in [-0.4, -0.2) is 48.7 Å². The van der Waals surface area contributed by atoms with Crippen LogP contribution in [0.25, 0.3) is 0 Å². The molecule has 0 bridgehead atoms. The van der Waals surface area contributed by atoms with E-state index in [1.807, 2.05) is 20.8 Å². The second-order valence-electron chi connectivity index (χ2n) is 6.58. The molecule has 21 heavy (non-hydrogen) atoms. The largest absolute Gasteiger partial charge is 0.444 e. The molecule has 0 aromatic carbocycles. The minimum Gasteiger partial charge on any atom is -0.444 e. The van der Waals surface area contributed by atoms with E-state index in [0.717, 1.165) is 45.0 Å². The van der Waals surface area contributed by atoms with Crippen LogP contribution in [0.5, 0.6) is 0 Å². The van der Waals surface area contributed by atoms with Crippen molar-refractivity contribution in [2.24, 2.45) is 0 Å². The summed E-state index contributed by atoms with van der Waals surface area (Å²) in [5.41, 5.74) is -0.447. The normalized spacial score (nSPS) is 18.8. The third kappa shape index (κ3) is 8.05.